The van der Waals surface area contributed by atoms with Crippen LogP contribution >= 0.6 is 0 Å². The Morgan fingerprint density at radius 1 is 1.24 bits per heavy atom. The minimum atomic E-state index is -0.570. The number of hydrogen-bond donors (Lipinski definition) is 2. The van der Waals surface area contributed by atoms with E-state index in [1.165, 1.54) is 6.07 Å². The molecule has 1 aliphatic heterocycles. The molecule has 0 aliphatic carbocycles. The van der Waals surface area contributed by atoms with E-state index in [9.17, 15) is 9.59 Å². The second-order valence-electron chi connectivity index (χ2n) is 4.63. The average molecular weight is 289 g/mol. The van der Waals surface area contributed by atoms with Crippen molar-refractivity contribution in [1.82, 2.24) is 9.78 Å². The fourth-order valence-electron chi connectivity index (χ4n) is 2.05. The summed E-state index contributed by atoms with van der Waals surface area (Å²) < 4.78 is 12.1. The second-order valence-corrected chi connectivity index (χ2v) is 4.63. The number of rotatable bonds is 3. The number of H-pyrrole nitrogens is 1. The van der Waals surface area contributed by atoms with E-state index >= 15 is 0 Å². The van der Waals surface area contributed by atoms with Crippen LogP contribution in [0.5, 0.6) is 0 Å². The fraction of sp³-hybridized carbons (Fsp3) is 0.286. The number of ether oxygens (including phenoxy) is 2. The van der Waals surface area contributed by atoms with Crippen molar-refractivity contribution in [1.29, 1.82) is 0 Å². The van der Waals surface area contributed by atoms with Crippen LogP contribution in [0.1, 0.15) is 0 Å². The molecule has 1 unspecified atom stereocenters. The van der Waals surface area contributed by atoms with Gasteiger partial charge in [0.05, 0.1) is 25.5 Å². The second kappa shape index (κ2) is 5.94. The fourth-order valence-corrected chi connectivity index (χ4v) is 2.05. The summed E-state index contributed by atoms with van der Waals surface area (Å²) in [6.07, 6.45) is 1.07. The molecule has 1 aliphatic rings. The highest BCUT2D eigenvalue weighted by molar-refractivity contribution is 5.94. The maximum Gasteiger partial charge on any atom is 0.264 e. The zero-order valence-electron chi connectivity index (χ0n) is 11.2. The Hall–Kier alpha value is -2.38. The average Bonchev–Trinajstić information content (AvgIpc) is 2.95. The van der Waals surface area contributed by atoms with Gasteiger partial charge in [-0.2, -0.15) is 0 Å². The van der Waals surface area contributed by atoms with E-state index in [-0.39, 0.29) is 18.1 Å². The molecule has 110 valence electrons. The van der Waals surface area contributed by atoms with Gasteiger partial charge in [0.1, 0.15) is 0 Å². The zero-order chi connectivity index (χ0) is 14.7. The van der Waals surface area contributed by atoms with Crippen molar-refractivity contribution in [3.8, 4) is 5.69 Å². The standard InChI is InChI=1S/C14H15N3O4/c18-13-5-6-17(16-13)11-3-1-10(2-4-11)15-14(19)12-9-20-7-8-21-12/h1-6,12H,7-9H2,(H,15,19)(H,16,18). The van der Waals surface area contributed by atoms with Crippen molar-refractivity contribution in [3.05, 3.63) is 46.9 Å². The van der Waals surface area contributed by atoms with E-state index in [4.69, 9.17) is 9.47 Å². The molecule has 21 heavy (non-hydrogen) atoms. The Labute approximate surface area is 120 Å². The van der Waals surface area contributed by atoms with Crippen molar-refractivity contribution < 1.29 is 14.3 Å². The Bertz CT molecular complexity index is 668. The summed E-state index contributed by atoms with van der Waals surface area (Å²) in [7, 11) is 0. The summed E-state index contributed by atoms with van der Waals surface area (Å²) in [5.41, 5.74) is 1.29. The molecule has 1 atom stereocenters. The highest BCUT2D eigenvalue weighted by Gasteiger charge is 2.22. The lowest BCUT2D eigenvalue weighted by Crippen LogP contribution is -2.39. The molecule has 7 heteroatoms. The molecule has 3 rings (SSSR count). The predicted molar refractivity (Wildman–Crippen MR) is 75.6 cm³/mol. The first-order valence-electron chi connectivity index (χ1n) is 6.61. The van der Waals surface area contributed by atoms with Gasteiger partial charge in [0, 0.05) is 18.0 Å². The van der Waals surface area contributed by atoms with Crippen LogP contribution in [-0.2, 0) is 14.3 Å². The maximum absolute atomic E-state index is 12.0. The van der Waals surface area contributed by atoms with Crippen LogP contribution in [0.25, 0.3) is 5.69 Å². The van der Waals surface area contributed by atoms with Crippen LogP contribution in [-0.4, -0.2) is 41.6 Å². The van der Waals surface area contributed by atoms with Gasteiger partial charge < -0.3 is 14.8 Å². The third-order valence-electron chi connectivity index (χ3n) is 3.13. The molecular formula is C14H15N3O4. The third-order valence-corrected chi connectivity index (χ3v) is 3.13. The highest BCUT2D eigenvalue weighted by Crippen LogP contribution is 2.13. The molecule has 1 amide bonds. The van der Waals surface area contributed by atoms with E-state index in [1.54, 1.807) is 35.1 Å². The van der Waals surface area contributed by atoms with Gasteiger partial charge in [0.2, 0.25) is 0 Å². The number of nitrogens with one attached hydrogen (secondary N) is 2. The minimum Gasteiger partial charge on any atom is -0.376 e. The van der Waals surface area contributed by atoms with E-state index in [2.05, 4.69) is 10.4 Å². The third kappa shape index (κ3) is 3.21. The molecule has 1 aromatic heterocycles. The lowest BCUT2D eigenvalue weighted by molar-refractivity contribution is -0.142. The van der Waals surface area contributed by atoms with Gasteiger partial charge in [-0.05, 0) is 24.3 Å². The summed E-state index contributed by atoms with van der Waals surface area (Å²) in [5, 5.41) is 5.41. The number of aromatic amines is 1. The molecule has 2 N–H and O–H groups in total. The lowest BCUT2D eigenvalue weighted by Gasteiger charge is -2.22. The molecule has 1 fully saturated rings. The van der Waals surface area contributed by atoms with Crippen LogP contribution in [0, 0.1) is 0 Å². The quantitative estimate of drug-likeness (QED) is 0.862. The molecule has 1 aromatic carbocycles. The van der Waals surface area contributed by atoms with Crippen LogP contribution in [0.3, 0.4) is 0 Å². The summed E-state index contributed by atoms with van der Waals surface area (Å²) in [6.45, 7) is 1.22. The largest absolute Gasteiger partial charge is 0.376 e. The van der Waals surface area contributed by atoms with Gasteiger partial charge in [-0.1, -0.05) is 0 Å². The Morgan fingerprint density at radius 3 is 2.67 bits per heavy atom. The number of carbonyl (C=O) groups excluding carboxylic acids is 1. The number of carbonyl (C=O) groups is 1. The van der Waals surface area contributed by atoms with E-state index in [0.29, 0.717) is 18.9 Å². The van der Waals surface area contributed by atoms with Crippen molar-refractivity contribution >= 4 is 11.6 Å². The topological polar surface area (TPSA) is 85.4 Å². The first-order chi connectivity index (χ1) is 10.2. The maximum atomic E-state index is 12.0. The summed E-state index contributed by atoms with van der Waals surface area (Å²) in [4.78, 5) is 23.0. The van der Waals surface area contributed by atoms with E-state index < -0.39 is 6.10 Å². The normalized spacial score (nSPS) is 18.4. The first kappa shape index (κ1) is 13.6. The molecule has 2 heterocycles. The monoisotopic (exact) mass is 289 g/mol. The molecule has 1 saturated heterocycles. The van der Waals surface area contributed by atoms with Crippen molar-refractivity contribution in [2.24, 2.45) is 0 Å². The van der Waals surface area contributed by atoms with Crippen molar-refractivity contribution in [3.63, 3.8) is 0 Å². The number of aromatic nitrogens is 2. The SMILES string of the molecule is O=C(Nc1ccc(-n2ccc(=O)[nH]2)cc1)C1COCCO1. The molecule has 0 radical (unpaired) electrons. The van der Waals surface area contributed by atoms with Gasteiger partial charge >= 0.3 is 0 Å². The first-order valence-corrected chi connectivity index (χ1v) is 6.61. The number of amides is 1. The zero-order valence-corrected chi connectivity index (χ0v) is 11.2. The highest BCUT2D eigenvalue weighted by atomic mass is 16.6. The molecule has 7 nitrogen and oxygen atoms in total. The molecule has 0 bridgehead atoms. The molecule has 0 spiro atoms. The summed E-state index contributed by atoms with van der Waals surface area (Å²) in [6, 6.07) is 8.55. The molecule has 0 saturated carbocycles. The van der Waals surface area contributed by atoms with Crippen molar-refractivity contribution in [2.75, 3.05) is 25.1 Å². The van der Waals surface area contributed by atoms with Gasteiger partial charge in [0.25, 0.3) is 11.5 Å². The minimum absolute atomic E-state index is 0.165. The van der Waals surface area contributed by atoms with Gasteiger partial charge in [-0.15, -0.1) is 0 Å². The van der Waals surface area contributed by atoms with Crippen LogP contribution in [0.4, 0.5) is 5.69 Å². The van der Waals surface area contributed by atoms with Gasteiger partial charge in [-0.25, -0.2) is 0 Å². The van der Waals surface area contributed by atoms with Gasteiger partial charge in [-0.3, -0.25) is 19.4 Å². The molecular weight excluding hydrogens is 274 g/mol. The van der Waals surface area contributed by atoms with Gasteiger partial charge in [0.15, 0.2) is 6.10 Å². The summed E-state index contributed by atoms with van der Waals surface area (Å²) in [5.74, 6) is -0.225. The number of hydrogen-bond acceptors (Lipinski definition) is 4. The molecule has 2 aromatic rings. The lowest BCUT2D eigenvalue weighted by atomic mass is 10.2. The van der Waals surface area contributed by atoms with E-state index in [1.807, 2.05) is 0 Å². The Morgan fingerprint density at radius 2 is 2.05 bits per heavy atom. The number of nitrogens with zero attached hydrogens (tertiary/aromatic N) is 1. The van der Waals surface area contributed by atoms with Crippen LogP contribution in [0.2, 0.25) is 0 Å². The predicted octanol–water partition coefficient (Wildman–Crippen LogP) is 0.519. The number of benzene rings is 1. The smallest absolute Gasteiger partial charge is 0.264 e. The van der Waals surface area contributed by atoms with E-state index in [0.717, 1.165) is 5.69 Å². The Kier molecular flexibility index (Phi) is 3.85. The van der Waals surface area contributed by atoms with Crippen LogP contribution < -0.4 is 10.9 Å². The summed E-state index contributed by atoms with van der Waals surface area (Å²) >= 11 is 0. The number of anilines is 1. The van der Waals surface area contributed by atoms with Crippen molar-refractivity contribution in [2.45, 2.75) is 6.10 Å². The Balaban J connectivity index is 1.66. The van der Waals surface area contributed by atoms with Crippen LogP contribution in [0.15, 0.2) is 41.3 Å².